The van der Waals surface area contributed by atoms with Crippen molar-refractivity contribution < 1.29 is 8.81 Å². The van der Waals surface area contributed by atoms with Crippen LogP contribution in [-0.2, 0) is 0 Å². The van der Waals surface area contributed by atoms with Crippen molar-refractivity contribution in [2.45, 2.75) is 12.5 Å². The van der Waals surface area contributed by atoms with Gasteiger partial charge >= 0.3 is 0 Å². The number of nitrogens with zero attached hydrogens (tertiary/aromatic N) is 3. The molecular formula is C15H16FN3O. The number of rotatable bonds is 5. The number of aromatic nitrogens is 1. The molecule has 5 heteroatoms. The molecule has 2 rings (SSSR count). The predicted octanol–water partition coefficient (Wildman–Crippen LogP) is 3.39. The summed E-state index contributed by atoms with van der Waals surface area (Å²) in [6, 6.07) is 5.63. The molecule has 0 bridgehead atoms. The van der Waals surface area contributed by atoms with Crippen molar-refractivity contribution >= 4 is 0 Å². The molecule has 0 saturated heterocycles. The molecule has 4 nitrogen and oxygen atoms in total. The number of hydrogen-bond donors (Lipinski definition) is 0. The molecule has 104 valence electrons. The second kappa shape index (κ2) is 6.31. The van der Waals surface area contributed by atoms with Gasteiger partial charge in [-0.05, 0) is 38.4 Å². The lowest BCUT2D eigenvalue weighted by atomic mass is 10.1. The van der Waals surface area contributed by atoms with E-state index < -0.39 is 0 Å². The summed E-state index contributed by atoms with van der Waals surface area (Å²) in [6.45, 7) is 8.07. The highest BCUT2D eigenvalue weighted by Crippen LogP contribution is 2.25. The first kappa shape index (κ1) is 14.2. The Morgan fingerprint density at radius 3 is 2.65 bits per heavy atom. The third kappa shape index (κ3) is 3.43. The van der Waals surface area contributed by atoms with Crippen LogP contribution in [0.2, 0.25) is 0 Å². The Hall–Kier alpha value is -2.19. The molecule has 1 aromatic heterocycles. The van der Waals surface area contributed by atoms with Crippen molar-refractivity contribution in [3.05, 3.63) is 53.5 Å². The molecule has 0 saturated carbocycles. The largest absolute Gasteiger partial charge is 0.444 e. The molecule has 1 heterocycles. The summed E-state index contributed by atoms with van der Waals surface area (Å²) >= 11 is 0. The fourth-order valence-corrected chi connectivity index (χ4v) is 1.82. The molecule has 0 aliphatic rings. The van der Waals surface area contributed by atoms with E-state index in [-0.39, 0.29) is 11.9 Å². The summed E-state index contributed by atoms with van der Waals surface area (Å²) in [7, 11) is 3.93. The third-order valence-corrected chi connectivity index (χ3v) is 2.96. The topological polar surface area (TPSA) is 33.6 Å². The molecular weight excluding hydrogens is 257 g/mol. The smallest absolute Gasteiger partial charge is 0.269 e. The number of oxazole rings is 1. The molecule has 2 aromatic rings. The number of benzene rings is 1. The van der Waals surface area contributed by atoms with Crippen LogP contribution in [0.3, 0.4) is 0 Å². The van der Waals surface area contributed by atoms with Crippen molar-refractivity contribution in [1.29, 1.82) is 0 Å². The van der Waals surface area contributed by atoms with Gasteiger partial charge in [0.25, 0.3) is 6.04 Å². The molecule has 0 amide bonds. The summed E-state index contributed by atoms with van der Waals surface area (Å²) < 4.78 is 18.3. The van der Waals surface area contributed by atoms with Gasteiger partial charge in [-0.1, -0.05) is 0 Å². The van der Waals surface area contributed by atoms with Crippen LogP contribution in [0.15, 0.2) is 34.9 Å². The van der Waals surface area contributed by atoms with Gasteiger partial charge in [0.1, 0.15) is 12.1 Å². The van der Waals surface area contributed by atoms with Gasteiger partial charge in [0, 0.05) is 18.5 Å². The van der Waals surface area contributed by atoms with E-state index in [9.17, 15) is 4.39 Å². The average Bonchev–Trinajstić information content (AvgIpc) is 2.89. The van der Waals surface area contributed by atoms with Crippen molar-refractivity contribution in [1.82, 2.24) is 9.88 Å². The Bertz CT molecular complexity index is 598. The molecule has 0 fully saturated rings. The molecule has 0 N–H and O–H groups in total. The van der Waals surface area contributed by atoms with Crippen LogP contribution < -0.4 is 0 Å². The minimum absolute atomic E-state index is 0.300. The molecule has 1 unspecified atom stereocenters. The number of hydrogen-bond acceptors (Lipinski definition) is 3. The monoisotopic (exact) mass is 273 g/mol. The molecule has 20 heavy (non-hydrogen) atoms. The van der Waals surface area contributed by atoms with Crippen LogP contribution in [0.25, 0.3) is 16.3 Å². The molecule has 0 aliphatic carbocycles. The van der Waals surface area contributed by atoms with Crippen LogP contribution >= 0.6 is 0 Å². The van der Waals surface area contributed by atoms with E-state index in [0.717, 1.165) is 6.54 Å². The first-order valence-corrected chi connectivity index (χ1v) is 6.33. The normalized spacial score (nSPS) is 12.3. The first-order valence-electron chi connectivity index (χ1n) is 6.33. The van der Waals surface area contributed by atoms with Gasteiger partial charge in [-0.25, -0.2) is 15.9 Å². The molecule has 1 aromatic carbocycles. The van der Waals surface area contributed by atoms with Gasteiger partial charge in [0.15, 0.2) is 5.69 Å². The Morgan fingerprint density at radius 1 is 1.35 bits per heavy atom. The maximum Gasteiger partial charge on any atom is 0.269 e. The second-order valence-corrected chi connectivity index (χ2v) is 4.82. The van der Waals surface area contributed by atoms with Crippen molar-refractivity contribution in [3.8, 4) is 11.5 Å². The molecule has 0 aliphatic heterocycles. The fraction of sp³-hybridized carbons (Fsp3) is 0.333. The quantitative estimate of drug-likeness (QED) is 0.783. The Labute approximate surface area is 117 Å². The molecule has 0 radical (unpaired) electrons. The van der Waals surface area contributed by atoms with Gasteiger partial charge in [-0.2, -0.15) is 0 Å². The lowest BCUT2D eigenvalue weighted by molar-refractivity contribution is 0.390. The summed E-state index contributed by atoms with van der Waals surface area (Å²) in [5, 5.41) is 0. The molecule has 0 spiro atoms. The van der Waals surface area contributed by atoms with Crippen LogP contribution in [-0.4, -0.2) is 30.5 Å². The van der Waals surface area contributed by atoms with Crippen molar-refractivity contribution in [3.63, 3.8) is 0 Å². The van der Waals surface area contributed by atoms with E-state index in [4.69, 9.17) is 11.0 Å². The van der Waals surface area contributed by atoms with Gasteiger partial charge in [0.2, 0.25) is 5.89 Å². The summed E-state index contributed by atoms with van der Waals surface area (Å²) in [6.07, 6.45) is 2.21. The van der Waals surface area contributed by atoms with E-state index >= 15 is 0 Å². The second-order valence-electron chi connectivity index (χ2n) is 4.82. The fourth-order valence-electron chi connectivity index (χ4n) is 1.82. The average molecular weight is 273 g/mol. The zero-order chi connectivity index (χ0) is 14.5. The highest BCUT2D eigenvalue weighted by molar-refractivity contribution is 5.52. The zero-order valence-electron chi connectivity index (χ0n) is 11.5. The minimum Gasteiger partial charge on any atom is -0.444 e. The van der Waals surface area contributed by atoms with Crippen LogP contribution in [0.5, 0.6) is 0 Å². The summed E-state index contributed by atoms with van der Waals surface area (Å²) in [5.41, 5.74) is 1.33. The maximum atomic E-state index is 12.9. The van der Waals surface area contributed by atoms with Crippen molar-refractivity contribution in [2.75, 3.05) is 20.6 Å². The standard InChI is InChI=1S/C15H16FN3O/c1-17-13(8-9-19(2)3)14-10-20-15(18-14)11-4-6-12(16)7-5-11/h4-7,10,13H,8-9H2,2-3H3. The zero-order valence-corrected chi connectivity index (χ0v) is 11.5. The maximum absolute atomic E-state index is 12.9. The first-order chi connectivity index (χ1) is 9.60. The lowest BCUT2D eigenvalue weighted by Crippen LogP contribution is -2.15. The van der Waals surface area contributed by atoms with Gasteiger partial charge < -0.3 is 14.2 Å². The predicted molar refractivity (Wildman–Crippen MR) is 74.4 cm³/mol. The number of halogens is 1. The molecule has 1 atom stereocenters. The third-order valence-electron chi connectivity index (χ3n) is 2.96. The highest BCUT2D eigenvalue weighted by atomic mass is 19.1. The van der Waals surface area contributed by atoms with E-state index in [2.05, 4.69) is 9.83 Å². The SMILES string of the molecule is [C-]#[N+]C(CCN(C)C)c1coc(-c2ccc(F)cc2)n1. The summed E-state index contributed by atoms with van der Waals surface area (Å²) in [4.78, 5) is 9.96. The Kier molecular flexibility index (Phi) is 4.49. The van der Waals surface area contributed by atoms with Gasteiger partial charge in [0.05, 0.1) is 0 Å². The van der Waals surface area contributed by atoms with Crippen LogP contribution in [0.4, 0.5) is 4.39 Å². The Balaban J connectivity index is 2.15. The lowest BCUT2D eigenvalue weighted by Gasteiger charge is -2.08. The highest BCUT2D eigenvalue weighted by Gasteiger charge is 2.21. The van der Waals surface area contributed by atoms with E-state index in [0.29, 0.717) is 23.6 Å². The van der Waals surface area contributed by atoms with Crippen LogP contribution in [0, 0.1) is 12.4 Å². The van der Waals surface area contributed by atoms with E-state index in [1.54, 1.807) is 12.1 Å². The van der Waals surface area contributed by atoms with Crippen LogP contribution in [0.1, 0.15) is 18.2 Å². The van der Waals surface area contributed by atoms with Gasteiger partial charge in [-0.15, -0.1) is 0 Å². The van der Waals surface area contributed by atoms with Crippen molar-refractivity contribution in [2.24, 2.45) is 0 Å². The van der Waals surface area contributed by atoms with E-state index in [1.807, 2.05) is 19.0 Å². The van der Waals surface area contributed by atoms with E-state index in [1.165, 1.54) is 18.4 Å². The Morgan fingerprint density at radius 2 is 2.05 bits per heavy atom. The summed E-state index contributed by atoms with van der Waals surface area (Å²) in [5.74, 6) is 0.115. The van der Waals surface area contributed by atoms with Gasteiger partial charge in [-0.3, -0.25) is 0 Å². The minimum atomic E-state index is -0.310.